The minimum absolute atomic E-state index is 0.129. The lowest BCUT2D eigenvalue weighted by atomic mass is 10.2. The van der Waals surface area contributed by atoms with Crippen molar-refractivity contribution in [3.8, 4) is 0 Å². The molecule has 1 aliphatic carbocycles. The number of nitrogens with zero attached hydrogens (tertiary/aromatic N) is 4. The molecule has 0 unspecified atom stereocenters. The molecular weight excluding hydrogens is 304 g/mol. The van der Waals surface area contributed by atoms with Crippen LogP contribution in [0.2, 0.25) is 0 Å². The Morgan fingerprint density at radius 2 is 1.75 bits per heavy atom. The second-order valence-corrected chi connectivity index (χ2v) is 6.42. The molecule has 6 heteroatoms. The molecule has 0 bridgehead atoms. The summed E-state index contributed by atoms with van der Waals surface area (Å²) in [4.78, 5) is 33.4. The molecule has 2 heterocycles. The van der Waals surface area contributed by atoms with Crippen LogP contribution in [0.1, 0.15) is 29.9 Å². The molecule has 1 aromatic carbocycles. The Bertz CT molecular complexity index is 794. The first kappa shape index (κ1) is 14.9. The summed E-state index contributed by atoms with van der Waals surface area (Å²) >= 11 is 0. The van der Waals surface area contributed by atoms with Crippen molar-refractivity contribution in [1.29, 1.82) is 0 Å². The van der Waals surface area contributed by atoms with E-state index in [0.29, 0.717) is 18.9 Å². The molecule has 24 heavy (non-hydrogen) atoms. The summed E-state index contributed by atoms with van der Waals surface area (Å²) in [6, 6.07) is 7.66. The summed E-state index contributed by atoms with van der Waals surface area (Å²) < 4.78 is 1.73. The van der Waals surface area contributed by atoms with Gasteiger partial charge in [-0.1, -0.05) is 12.1 Å². The first-order valence-electron chi connectivity index (χ1n) is 8.36. The molecule has 2 amide bonds. The van der Waals surface area contributed by atoms with Crippen molar-refractivity contribution in [3.63, 3.8) is 0 Å². The third kappa shape index (κ3) is 2.48. The normalized spacial score (nSPS) is 17.4. The van der Waals surface area contributed by atoms with Gasteiger partial charge in [0.15, 0.2) is 5.82 Å². The van der Waals surface area contributed by atoms with Gasteiger partial charge in [-0.15, -0.1) is 0 Å². The van der Waals surface area contributed by atoms with E-state index in [2.05, 4.69) is 4.98 Å². The van der Waals surface area contributed by atoms with Gasteiger partial charge in [-0.05, 0) is 31.4 Å². The highest BCUT2D eigenvalue weighted by molar-refractivity contribution is 6.08. The van der Waals surface area contributed by atoms with E-state index in [1.54, 1.807) is 21.9 Å². The van der Waals surface area contributed by atoms with E-state index in [1.165, 1.54) is 0 Å². The van der Waals surface area contributed by atoms with Gasteiger partial charge in [0.05, 0.1) is 11.4 Å². The largest absolute Gasteiger partial charge is 0.330 e. The standard InChI is InChI=1S/C18H20N4O2/c1-20-12-9-19-16(20)18(24)22-11-4-10-21(17(23)13-7-8-13)14-5-2-3-6-15(14)22/h2-3,5-6,9,12-13H,4,7-8,10-11H2,1H3. The Morgan fingerprint density at radius 3 is 2.38 bits per heavy atom. The molecule has 2 aliphatic rings. The fraction of sp³-hybridized carbons (Fsp3) is 0.389. The number of anilines is 2. The van der Waals surface area contributed by atoms with E-state index in [9.17, 15) is 9.59 Å². The van der Waals surface area contributed by atoms with Crippen LogP contribution < -0.4 is 9.80 Å². The van der Waals surface area contributed by atoms with E-state index >= 15 is 0 Å². The van der Waals surface area contributed by atoms with Gasteiger partial charge >= 0.3 is 0 Å². The molecule has 0 radical (unpaired) electrons. The van der Waals surface area contributed by atoms with Gasteiger partial charge in [0.25, 0.3) is 5.91 Å². The van der Waals surface area contributed by atoms with Crippen LogP contribution >= 0.6 is 0 Å². The number of fused-ring (bicyclic) bond motifs is 1. The highest BCUT2D eigenvalue weighted by Crippen LogP contribution is 2.38. The highest BCUT2D eigenvalue weighted by Gasteiger charge is 2.36. The van der Waals surface area contributed by atoms with Gasteiger partial charge in [0.1, 0.15) is 0 Å². The summed E-state index contributed by atoms with van der Waals surface area (Å²) in [5.41, 5.74) is 1.62. The third-order valence-corrected chi connectivity index (χ3v) is 4.68. The molecule has 4 rings (SSSR count). The zero-order valence-corrected chi connectivity index (χ0v) is 13.7. The van der Waals surface area contributed by atoms with Crippen LogP contribution in [0.5, 0.6) is 0 Å². The van der Waals surface area contributed by atoms with Crippen LogP contribution in [-0.4, -0.2) is 34.5 Å². The number of amides is 2. The summed E-state index contributed by atoms with van der Waals surface area (Å²) in [6.07, 6.45) is 6.10. The average Bonchev–Trinajstić information content (AvgIpc) is 3.38. The summed E-state index contributed by atoms with van der Waals surface area (Å²) in [5, 5.41) is 0. The maximum Gasteiger partial charge on any atom is 0.294 e. The van der Waals surface area contributed by atoms with Gasteiger partial charge in [-0.3, -0.25) is 9.59 Å². The van der Waals surface area contributed by atoms with Crippen LogP contribution in [0.15, 0.2) is 36.7 Å². The second kappa shape index (κ2) is 5.78. The third-order valence-electron chi connectivity index (χ3n) is 4.68. The van der Waals surface area contributed by atoms with E-state index in [-0.39, 0.29) is 17.7 Å². The van der Waals surface area contributed by atoms with Crippen molar-refractivity contribution in [2.75, 3.05) is 22.9 Å². The summed E-state index contributed by atoms with van der Waals surface area (Å²) in [6.45, 7) is 1.23. The quantitative estimate of drug-likeness (QED) is 0.851. The van der Waals surface area contributed by atoms with Crippen LogP contribution in [0, 0.1) is 5.92 Å². The molecule has 0 N–H and O–H groups in total. The Morgan fingerprint density at radius 1 is 1.08 bits per heavy atom. The number of aromatic nitrogens is 2. The van der Waals surface area contributed by atoms with Crippen molar-refractivity contribution in [2.24, 2.45) is 13.0 Å². The number of carbonyl (C=O) groups is 2. The van der Waals surface area contributed by atoms with Crippen LogP contribution in [0.4, 0.5) is 11.4 Å². The molecule has 124 valence electrons. The van der Waals surface area contributed by atoms with Crippen LogP contribution in [-0.2, 0) is 11.8 Å². The van der Waals surface area contributed by atoms with E-state index in [0.717, 1.165) is 30.6 Å². The fourth-order valence-corrected chi connectivity index (χ4v) is 3.23. The minimum atomic E-state index is -0.129. The SMILES string of the molecule is Cn1ccnc1C(=O)N1CCCN(C(=O)C2CC2)c2ccccc21. The summed E-state index contributed by atoms with van der Waals surface area (Å²) in [5.74, 6) is 0.631. The number of benzene rings is 1. The van der Waals surface area contributed by atoms with Crippen LogP contribution in [0.25, 0.3) is 0 Å². The van der Waals surface area contributed by atoms with Crippen LogP contribution in [0.3, 0.4) is 0 Å². The molecule has 2 aromatic rings. The Labute approximate surface area is 140 Å². The summed E-state index contributed by atoms with van der Waals surface area (Å²) in [7, 11) is 1.81. The van der Waals surface area contributed by atoms with E-state index in [1.807, 2.05) is 36.2 Å². The molecule has 1 aromatic heterocycles. The molecule has 0 spiro atoms. The fourth-order valence-electron chi connectivity index (χ4n) is 3.23. The number of aryl methyl sites for hydroxylation is 1. The number of imidazole rings is 1. The lowest BCUT2D eigenvalue weighted by Gasteiger charge is -2.25. The zero-order valence-electron chi connectivity index (χ0n) is 13.7. The predicted octanol–water partition coefficient (Wildman–Crippen LogP) is 2.21. The Balaban J connectivity index is 1.73. The maximum absolute atomic E-state index is 13.0. The van der Waals surface area contributed by atoms with Crippen molar-refractivity contribution in [3.05, 3.63) is 42.5 Å². The average molecular weight is 324 g/mol. The molecule has 6 nitrogen and oxygen atoms in total. The molecule has 1 saturated carbocycles. The molecular formula is C18H20N4O2. The van der Waals surface area contributed by atoms with E-state index in [4.69, 9.17) is 0 Å². The number of hydrogen-bond acceptors (Lipinski definition) is 3. The van der Waals surface area contributed by atoms with Gasteiger partial charge in [0.2, 0.25) is 5.91 Å². The highest BCUT2D eigenvalue weighted by atomic mass is 16.2. The topological polar surface area (TPSA) is 58.4 Å². The van der Waals surface area contributed by atoms with Crippen molar-refractivity contribution in [2.45, 2.75) is 19.3 Å². The first-order valence-corrected chi connectivity index (χ1v) is 8.36. The van der Waals surface area contributed by atoms with Gasteiger partial charge in [-0.2, -0.15) is 0 Å². The van der Waals surface area contributed by atoms with Gasteiger partial charge in [0, 0.05) is 38.4 Å². The van der Waals surface area contributed by atoms with Crippen molar-refractivity contribution < 1.29 is 9.59 Å². The van der Waals surface area contributed by atoms with Gasteiger partial charge < -0.3 is 14.4 Å². The predicted molar refractivity (Wildman–Crippen MR) is 91.0 cm³/mol. The number of rotatable bonds is 2. The Hall–Kier alpha value is -2.63. The number of carbonyl (C=O) groups excluding carboxylic acids is 2. The van der Waals surface area contributed by atoms with Crippen molar-refractivity contribution in [1.82, 2.24) is 9.55 Å². The van der Waals surface area contributed by atoms with E-state index < -0.39 is 0 Å². The first-order chi connectivity index (χ1) is 11.7. The lowest BCUT2D eigenvalue weighted by molar-refractivity contribution is -0.119. The number of para-hydroxylation sites is 2. The molecule has 1 fully saturated rings. The number of hydrogen-bond donors (Lipinski definition) is 0. The smallest absolute Gasteiger partial charge is 0.294 e. The lowest BCUT2D eigenvalue weighted by Crippen LogP contribution is -2.33. The minimum Gasteiger partial charge on any atom is -0.330 e. The maximum atomic E-state index is 13.0. The molecule has 1 aliphatic heterocycles. The molecule has 0 atom stereocenters. The monoisotopic (exact) mass is 324 g/mol. The second-order valence-electron chi connectivity index (χ2n) is 6.42. The molecule has 0 saturated heterocycles. The van der Waals surface area contributed by atoms with Gasteiger partial charge in [-0.25, -0.2) is 4.98 Å². The zero-order chi connectivity index (χ0) is 16.7. The Kier molecular flexibility index (Phi) is 3.59. The van der Waals surface area contributed by atoms with Crippen molar-refractivity contribution >= 4 is 23.2 Å².